The highest BCUT2D eigenvalue weighted by Gasteiger charge is 2.08. The summed E-state index contributed by atoms with van der Waals surface area (Å²) in [5.41, 5.74) is 0.946. The molecule has 0 bridgehead atoms. The fraction of sp³-hybridized carbons (Fsp3) is 0.133. The van der Waals surface area contributed by atoms with Gasteiger partial charge in [-0.25, -0.2) is 9.97 Å². The van der Waals surface area contributed by atoms with Crippen molar-refractivity contribution in [3.05, 3.63) is 41.5 Å². The van der Waals surface area contributed by atoms with Crippen molar-refractivity contribution in [1.29, 1.82) is 5.26 Å². The van der Waals surface area contributed by atoms with E-state index in [-0.39, 0.29) is 0 Å². The number of nitrogens with zero attached hydrogens (tertiary/aromatic N) is 3. The van der Waals surface area contributed by atoms with Crippen LogP contribution in [0.1, 0.15) is 11.8 Å². The first kappa shape index (κ1) is 13.9. The maximum atomic E-state index is 8.65. The average Bonchev–Trinajstić information content (AvgIpc) is 2.94. The lowest BCUT2D eigenvalue weighted by atomic mass is 10.3. The summed E-state index contributed by atoms with van der Waals surface area (Å²) >= 11 is 2.85. The number of nitriles is 1. The molecule has 1 aromatic carbocycles. The van der Waals surface area contributed by atoms with Crippen LogP contribution in [-0.4, -0.2) is 9.97 Å². The van der Waals surface area contributed by atoms with E-state index in [2.05, 4.69) is 33.7 Å². The Kier molecular flexibility index (Phi) is 4.04. The first-order chi connectivity index (χ1) is 10.3. The van der Waals surface area contributed by atoms with Crippen molar-refractivity contribution in [1.82, 2.24) is 9.97 Å². The van der Waals surface area contributed by atoms with E-state index < -0.39 is 0 Å². The van der Waals surface area contributed by atoms with Crippen LogP contribution in [0, 0.1) is 10.7 Å². The Hall–Kier alpha value is -2.10. The first-order valence-electron chi connectivity index (χ1n) is 6.46. The van der Waals surface area contributed by atoms with Gasteiger partial charge in [0, 0.05) is 15.5 Å². The van der Waals surface area contributed by atoms with Gasteiger partial charge in [-0.3, -0.25) is 0 Å². The van der Waals surface area contributed by atoms with Crippen molar-refractivity contribution < 1.29 is 0 Å². The van der Waals surface area contributed by atoms with Crippen LogP contribution in [0.2, 0.25) is 0 Å². The summed E-state index contributed by atoms with van der Waals surface area (Å²) in [7, 11) is 0. The third-order valence-corrected chi connectivity index (χ3v) is 4.80. The Morgan fingerprint density at radius 1 is 1.29 bits per heavy atom. The highest BCUT2D eigenvalue weighted by molar-refractivity contribution is 8.03. The molecule has 0 spiro atoms. The minimum Gasteiger partial charge on any atom is -0.340 e. The summed E-state index contributed by atoms with van der Waals surface area (Å²) in [5.74, 6) is 0.816. The summed E-state index contributed by atoms with van der Waals surface area (Å²) in [5, 5.41) is 15.1. The van der Waals surface area contributed by atoms with E-state index in [1.807, 2.05) is 24.3 Å². The minimum atomic E-state index is 0.816. The molecule has 0 aliphatic carbocycles. The Balaban J connectivity index is 1.90. The van der Waals surface area contributed by atoms with Crippen LogP contribution in [0.25, 0.3) is 10.2 Å². The van der Waals surface area contributed by atoms with Crippen molar-refractivity contribution in [2.75, 3.05) is 5.32 Å². The number of aryl methyl sites for hydroxylation is 1. The van der Waals surface area contributed by atoms with Gasteiger partial charge in [0.25, 0.3) is 0 Å². The lowest BCUT2D eigenvalue weighted by Gasteiger charge is -2.06. The molecule has 104 valence electrons. The van der Waals surface area contributed by atoms with Crippen LogP contribution in [0.4, 0.5) is 11.5 Å². The van der Waals surface area contributed by atoms with Crippen molar-refractivity contribution in [3.63, 3.8) is 0 Å². The van der Waals surface area contributed by atoms with E-state index >= 15 is 0 Å². The number of aromatic nitrogens is 2. The van der Waals surface area contributed by atoms with Crippen LogP contribution in [0.15, 0.2) is 41.6 Å². The molecule has 0 unspecified atom stereocenters. The number of thiocyanates is 1. The molecule has 21 heavy (non-hydrogen) atoms. The monoisotopic (exact) mass is 312 g/mol. The van der Waals surface area contributed by atoms with E-state index in [1.165, 1.54) is 4.88 Å². The van der Waals surface area contributed by atoms with E-state index in [9.17, 15) is 0 Å². The second-order valence-corrected chi connectivity index (χ2v) is 6.32. The number of hydrogen-bond acceptors (Lipinski definition) is 6. The molecule has 6 heteroatoms. The number of hydrogen-bond donors (Lipinski definition) is 1. The van der Waals surface area contributed by atoms with Crippen molar-refractivity contribution in [2.24, 2.45) is 0 Å². The Bertz CT molecular complexity index is 803. The third-order valence-electron chi connectivity index (χ3n) is 3.01. The predicted molar refractivity (Wildman–Crippen MR) is 88.0 cm³/mol. The molecule has 0 amide bonds. The number of rotatable bonds is 4. The van der Waals surface area contributed by atoms with Crippen LogP contribution in [-0.2, 0) is 6.42 Å². The van der Waals surface area contributed by atoms with Gasteiger partial charge in [-0.15, -0.1) is 11.3 Å². The SMILES string of the molecule is CCc1cc2c(Nc3ccc(SC#N)cc3)ncnc2s1. The Labute approximate surface area is 130 Å². The molecule has 1 N–H and O–H groups in total. The lowest BCUT2D eigenvalue weighted by Crippen LogP contribution is -1.94. The normalized spacial score (nSPS) is 10.5. The molecular weight excluding hydrogens is 300 g/mol. The Morgan fingerprint density at radius 3 is 2.81 bits per heavy atom. The van der Waals surface area contributed by atoms with E-state index in [0.29, 0.717) is 0 Å². The number of thiophene rings is 1. The second-order valence-electron chi connectivity index (χ2n) is 4.35. The molecule has 0 saturated heterocycles. The van der Waals surface area contributed by atoms with Gasteiger partial charge in [-0.2, -0.15) is 5.26 Å². The van der Waals surface area contributed by atoms with Gasteiger partial charge in [-0.1, -0.05) is 6.92 Å². The van der Waals surface area contributed by atoms with Crippen LogP contribution < -0.4 is 5.32 Å². The highest BCUT2D eigenvalue weighted by Crippen LogP contribution is 2.30. The second kappa shape index (κ2) is 6.12. The quantitative estimate of drug-likeness (QED) is 0.565. The first-order valence-corrected chi connectivity index (χ1v) is 8.10. The molecular formula is C15H12N4S2. The number of fused-ring (bicyclic) bond motifs is 1. The number of thioether (sulfide) groups is 1. The van der Waals surface area contributed by atoms with Gasteiger partial charge in [0.2, 0.25) is 0 Å². The van der Waals surface area contributed by atoms with E-state index in [4.69, 9.17) is 5.26 Å². The summed E-state index contributed by atoms with van der Waals surface area (Å²) < 4.78 is 0. The molecule has 0 aliphatic rings. The van der Waals surface area contributed by atoms with Crippen LogP contribution in [0.5, 0.6) is 0 Å². The predicted octanol–water partition coefficient (Wildman–Crippen LogP) is 4.57. The largest absolute Gasteiger partial charge is 0.340 e. The van der Waals surface area contributed by atoms with Gasteiger partial charge in [0.15, 0.2) is 0 Å². The van der Waals surface area contributed by atoms with Gasteiger partial charge >= 0.3 is 0 Å². The molecule has 3 rings (SSSR count). The van der Waals surface area contributed by atoms with Crippen molar-refractivity contribution in [3.8, 4) is 5.40 Å². The van der Waals surface area contributed by atoms with E-state index in [1.54, 1.807) is 17.7 Å². The fourth-order valence-corrected chi connectivity index (χ4v) is 3.29. The van der Waals surface area contributed by atoms with Gasteiger partial charge < -0.3 is 5.32 Å². The van der Waals surface area contributed by atoms with Crippen molar-refractivity contribution in [2.45, 2.75) is 18.2 Å². The number of benzene rings is 1. The molecule has 0 atom stereocenters. The zero-order valence-electron chi connectivity index (χ0n) is 11.3. The minimum absolute atomic E-state index is 0.816. The lowest BCUT2D eigenvalue weighted by molar-refractivity contribution is 1.19. The molecule has 0 fully saturated rings. The average molecular weight is 312 g/mol. The fourth-order valence-electron chi connectivity index (χ4n) is 1.98. The summed E-state index contributed by atoms with van der Waals surface area (Å²) in [6.07, 6.45) is 2.58. The smallest absolute Gasteiger partial charge is 0.142 e. The maximum absolute atomic E-state index is 8.65. The standard InChI is InChI=1S/C15H12N4S2/c1-2-11-7-13-14(17-9-18-15(13)21-11)19-10-3-5-12(6-4-10)20-8-16/h3-7,9H,2H2,1H3,(H,17,18,19). The zero-order valence-corrected chi connectivity index (χ0v) is 13.0. The van der Waals surface area contributed by atoms with Crippen LogP contribution >= 0.6 is 23.1 Å². The summed E-state index contributed by atoms with van der Waals surface area (Å²) in [4.78, 5) is 11.9. The molecule has 0 radical (unpaired) electrons. The third kappa shape index (κ3) is 2.99. The molecule has 0 aliphatic heterocycles. The zero-order chi connectivity index (χ0) is 14.7. The molecule has 3 aromatic rings. The van der Waals surface area contributed by atoms with Crippen LogP contribution in [0.3, 0.4) is 0 Å². The van der Waals surface area contributed by atoms with E-state index in [0.717, 1.165) is 44.8 Å². The molecule has 4 nitrogen and oxygen atoms in total. The molecule has 2 heterocycles. The Morgan fingerprint density at radius 2 is 2.10 bits per heavy atom. The molecule has 0 saturated carbocycles. The van der Waals surface area contributed by atoms with Gasteiger partial charge in [-0.05, 0) is 48.5 Å². The number of anilines is 2. The maximum Gasteiger partial charge on any atom is 0.142 e. The highest BCUT2D eigenvalue weighted by atomic mass is 32.2. The van der Waals surface area contributed by atoms with Gasteiger partial charge in [0.1, 0.15) is 22.4 Å². The summed E-state index contributed by atoms with van der Waals surface area (Å²) in [6, 6.07) is 9.86. The number of nitrogens with one attached hydrogen (secondary N) is 1. The topological polar surface area (TPSA) is 61.6 Å². The summed E-state index contributed by atoms with van der Waals surface area (Å²) in [6.45, 7) is 2.14. The van der Waals surface area contributed by atoms with Gasteiger partial charge in [0.05, 0.1) is 5.39 Å². The molecule has 2 aromatic heterocycles. The van der Waals surface area contributed by atoms with Crippen molar-refractivity contribution >= 4 is 44.8 Å².